The summed E-state index contributed by atoms with van der Waals surface area (Å²) in [7, 11) is 0. The zero-order valence-electron chi connectivity index (χ0n) is 15.7. The number of carbonyl (C=O) groups is 1. The molecule has 2 bridgehead atoms. The van der Waals surface area contributed by atoms with Gasteiger partial charge in [-0.3, -0.25) is 0 Å². The molecule has 0 radical (unpaired) electrons. The van der Waals surface area contributed by atoms with E-state index < -0.39 is 11.2 Å². The molecule has 1 aromatic rings. The van der Waals surface area contributed by atoms with Crippen LogP contribution in [0.1, 0.15) is 63.1 Å². The van der Waals surface area contributed by atoms with Crippen LogP contribution in [0.4, 0.5) is 9.18 Å². The Morgan fingerprint density at radius 3 is 2.12 bits per heavy atom. The van der Waals surface area contributed by atoms with E-state index in [1.54, 1.807) is 26.0 Å². The van der Waals surface area contributed by atoms with Crippen molar-refractivity contribution in [3.8, 4) is 0 Å². The lowest BCUT2D eigenvalue weighted by molar-refractivity contribution is -0.0625. The zero-order valence-corrected chi connectivity index (χ0v) is 15.7. The number of benzene rings is 1. The Bertz CT molecular complexity index is 658. The summed E-state index contributed by atoms with van der Waals surface area (Å²) in [6, 6.07) is 3.41. The van der Waals surface area contributed by atoms with Crippen molar-refractivity contribution >= 4 is 6.09 Å². The first-order chi connectivity index (χ1) is 11.5. The molecule has 25 heavy (non-hydrogen) atoms. The van der Waals surface area contributed by atoms with Crippen LogP contribution >= 0.6 is 0 Å². The largest absolute Gasteiger partial charge is 0.444 e. The molecule has 2 atom stereocenters. The second kappa shape index (κ2) is 5.97. The molecule has 0 spiro atoms. The highest BCUT2D eigenvalue weighted by molar-refractivity contribution is 5.70. The number of aliphatic hydroxyl groups is 1. The topological polar surface area (TPSA) is 49.8 Å². The summed E-state index contributed by atoms with van der Waals surface area (Å²) < 4.78 is 19.5. The van der Waals surface area contributed by atoms with Gasteiger partial charge in [0.25, 0.3) is 0 Å². The summed E-state index contributed by atoms with van der Waals surface area (Å²) in [5.74, 6) is -0.221. The first kappa shape index (κ1) is 18.2. The number of fused-ring (bicyclic) bond motifs is 2. The Morgan fingerprint density at radius 1 is 1.20 bits per heavy atom. The third kappa shape index (κ3) is 3.39. The number of amides is 1. The molecule has 138 valence electrons. The quantitative estimate of drug-likeness (QED) is 0.827. The molecule has 2 aliphatic rings. The Morgan fingerprint density at radius 2 is 1.68 bits per heavy atom. The van der Waals surface area contributed by atoms with Crippen LogP contribution in [0, 0.1) is 19.7 Å². The fourth-order valence-corrected chi connectivity index (χ4v) is 4.29. The molecular formula is C20H28FNO3. The average molecular weight is 349 g/mol. The first-order valence-electron chi connectivity index (χ1n) is 9.01. The van der Waals surface area contributed by atoms with Crippen LogP contribution in [0.5, 0.6) is 0 Å². The van der Waals surface area contributed by atoms with Crippen molar-refractivity contribution in [3.05, 3.63) is 34.6 Å². The van der Waals surface area contributed by atoms with Crippen LogP contribution in [0.2, 0.25) is 0 Å². The molecule has 0 aliphatic carbocycles. The molecule has 0 saturated carbocycles. The number of piperidine rings is 1. The minimum Gasteiger partial charge on any atom is -0.444 e. The molecule has 0 aromatic heterocycles. The maximum atomic E-state index is 13.9. The lowest BCUT2D eigenvalue weighted by Crippen LogP contribution is -2.53. The van der Waals surface area contributed by atoms with Gasteiger partial charge in [-0.1, -0.05) is 12.1 Å². The molecule has 1 amide bonds. The van der Waals surface area contributed by atoms with Gasteiger partial charge in [-0.05, 0) is 64.2 Å². The Labute approximate surface area is 149 Å². The standard InChI is InChI=1S/C20H28FNO3/c1-12-8-14(9-13(2)17(12)21)20(24)10-15-6-7-16(11-20)22(15)18(23)25-19(3,4)5/h8-9,15-16,24H,6-7,10-11H2,1-5H3. The van der Waals surface area contributed by atoms with Crippen molar-refractivity contribution in [1.29, 1.82) is 0 Å². The number of carbonyl (C=O) groups excluding carboxylic acids is 1. The molecule has 4 nitrogen and oxygen atoms in total. The first-order valence-corrected chi connectivity index (χ1v) is 9.01. The number of hydrogen-bond acceptors (Lipinski definition) is 3. The fourth-order valence-electron chi connectivity index (χ4n) is 4.29. The number of rotatable bonds is 1. The molecule has 2 unspecified atom stereocenters. The minimum atomic E-state index is -1.02. The molecule has 2 fully saturated rings. The van der Waals surface area contributed by atoms with Crippen LogP contribution in [-0.2, 0) is 10.3 Å². The van der Waals surface area contributed by atoms with E-state index in [-0.39, 0.29) is 24.0 Å². The van der Waals surface area contributed by atoms with Gasteiger partial charge in [0.1, 0.15) is 11.4 Å². The Kier molecular flexibility index (Phi) is 4.34. The van der Waals surface area contributed by atoms with E-state index in [9.17, 15) is 14.3 Å². The smallest absolute Gasteiger partial charge is 0.410 e. The van der Waals surface area contributed by atoms with Crippen LogP contribution in [0.25, 0.3) is 0 Å². The van der Waals surface area contributed by atoms with Gasteiger partial charge in [0.15, 0.2) is 0 Å². The van der Waals surface area contributed by atoms with E-state index >= 15 is 0 Å². The third-order valence-corrected chi connectivity index (χ3v) is 5.34. The van der Waals surface area contributed by atoms with E-state index in [2.05, 4.69) is 0 Å². The van der Waals surface area contributed by atoms with Gasteiger partial charge in [-0.2, -0.15) is 0 Å². The summed E-state index contributed by atoms with van der Waals surface area (Å²) in [5, 5.41) is 11.3. The molecule has 1 N–H and O–H groups in total. The van der Waals surface area contributed by atoms with Crippen LogP contribution in [-0.4, -0.2) is 33.8 Å². The molecule has 2 saturated heterocycles. The summed E-state index contributed by atoms with van der Waals surface area (Å²) in [4.78, 5) is 14.4. The van der Waals surface area contributed by atoms with E-state index in [1.165, 1.54) is 0 Å². The van der Waals surface area contributed by atoms with Crippen LogP contribution in [0.15, 0.2) is 12.1 Å². The van der Waals surface area contributed by atoms with Gasteiger partial charge in [0, 0.05) is 24.9 Å². The van der Waals surface area contributed by atoms with Crippen molar-refractivity contribution in [2.75, 3.05) is 0 Å². The van der Waals surface area contributed by atoms with Gasteiger partial charge in [-0.15, -0.1) is 0 Å². The van der Waals surface area contributed by atoms with E-state index in [0.717, 1.165) is 18.4 Å². The third-order valence-electron chi connectivity index (χ3n) is 5.34. The Balaban J connectivity index is 1.85. The highest BCUT2D eigenvalue weighted by Gasteiger charge is 2.51. The predicted octanol–water partition coefficient (Wildman–Crippen LogP) is 4.19. The molecule has 3 rings (SSSR count). The van der Waals surface area contributed by atoms with Gasteiger partial charge < -0.3 is 14.7 Å². The zero-order chi connectivity index (χ0) is 18.6. The van der Waals surface area contributed by atoms with E-state index in [0.29, 0.717) is 24.0 Å². The maximum Gasteiger partial charge on any atom is 0.410 e. The Hall–Kier alpha value is -1.62. The normalized spacial score (nSPS) is 29.0. The molecule has 2 heterocycles. The number of ether oxygens (including phenoxy) is 1. The summed E-state index contributed by atoms with van der Waals surface area (Å²) in [6.45, 7) is 9.02. The summed E-state index contributed by atoms with van der Waals surface area (Å²) in [5.41, 5.74) is 0.295. The summed E-state index contributed by atoms with van der Waals surface area (Å²) >= 11 is 0. The monoisotopic (exact) mass is 349 g/mol. The van der Waals surface area contributed by atoms with Crippen LogP contribution < -0.4 is 0 Å². The number of hydrogen-bond donors (Lipinski definition) is 1. The predicted molar refractivity (Wildman–Crippen MR) is 93.9 cm³/mol. The van der Waals surface area contributed by atoms with Gasteiger partial charge in [0.2, 0.25) is 0 Å². The molecular weight excluding hydrogens is 321 g/mol. The van der Waals surface area contributed by atoms with Crippen molar-refractivity contribution in [3.63, 3.8) is 0 Å². The van der Waals surface area contributed by atoms with Gasteiger partial charge in [-0.25, -0.2) is 9.18 Å². The fraction of sp³-hybridized carbons (Fsp3) is 0.650. The number of nitrogens with zero attached hydrogens (tertiary/aromatic N) is 1. The summed E-state index contributed by atoms with van der Waals surface area (Å²) in [6.07, 6.45) is 2.37. The van der Waals surface area contributed by atoms with Gasteiger partial charge >= 0.3 is 6.09 Å². The van der Waals surface area contributed by atoms with E-state index in [1.807, 2.05) is 25.7 Å². The van der Waals surface area contributed by atoms with Crippen molar-refractivity contribution < 1.29 is 19.0 Å². The number of aryl methyl sites for hydroxylation is 2. The molecule has 1 aromatic carbocycles. The molecule has 2 aliphatic heterocycles. The van der Waals surface area contributed by atoms with Crippen LogP contribution in [0.3, 0.4) is 0 Å². The lowest BCUT2D eigenvalue weighted by Gasteiger charge is -2.44. The van der Waals surface area contributed by atoms with E-state index in [4.69, 9.17) is 4.74 Å². The average Bonchev–Trinajstić information content (AvgIpc) is 2.75. The SMILES string of the molecule is Cc1cc(C2(O)CC3CCC(C2)N3C(=O)OC(C)(C)C)cc(C)c1F. The second-order valence-corrected chi connectivity index (χ2v) is 8.64. The van der Waals surface area contributed by atoms with Crippen molar-refractivity contribution in [2.45, 2.75) is 83.6 Å². The van der Waals surface area contributed by atoms with Gasteiger partial charge in [0.05, 0.1) is 5.60 Å². The highest BCUT2D eigenvalue weighted by atomic mass is 19.1. The number of halogens is 1. The maximum absolute atomic E-state index is 13.9. The lowest BCUT2D eigenvalue weighted by atomic mass is 9.79. The minimum absolute atomic E-state index is 0.0377. The van der Waals surface area contributed by atoms with Crippen molar-refractivity contribution in [2.24, 2.45) is 0 Å². The van der Waals surface area contributed by atoms with Crippen molar-refractivity contribution in [1.82, 2.24) is 4.90 Å². The second-order valence-electron chi connectivity index (χ2n) is 8.64. The molecule has 5 heteroatoms. The highest BCUT2D eigenvalue weighted by Crippen LogP contribution is 2.46.